The summed E-state index contributed by atoms with van der Waals surface area (Å²) < 4.78 is 2.33. The second kappa shape index (κ2) is 4.53. The maximum absolute atomic E-state index is 4.31. The van der Waals surface area contributed by atoms with E-state index in [2.05, 4.69) is 20.1 Å². The first-order chi connectivity index (χ1) is 7.93. The minimum atomic E-state index is 0.631. The van der Waals surface area contributed by atoms with Crippen molar-refractivity contribution < 1.29 is 0 Å². The van der Waals surface area contributed by atoms with E-state index in [9.17, 15) is 0 Å². The van der Waals surface area contributed by atoms with Gasteiger partial charge in [0.1, 0.15) is 12.2 Å². The van der Waals surface area contributed by atoms with Crippen LogP contribution in [0.25, 0.3) is 0 Å². The molecule has 1 saturated heterocycles. The lowest BCUT2D eigenvalue weighted by Crippen LogP contribution is -2.30. The molecule has 1 aliphatic carbocycles. The molecule has 0 amide bonds. The molecule has 1 N–H and O–H groups in total. The third kappa shape index (κ3) is 1.98. The molecule has 88 valence electrons. The van der Waals surface area contributed by atoms with Crippen LogP contribution in [0.2, 0.25) is 0 Å². The lowest BCUT2D eigenvalue weighted by molar-refractivity contribution is 0.294. The minimum Gasteiger partial charge on any atom is -0.317 e. The lowest BCUT2D eigenvalue weighted by Gasteiger charge is -2.28. The third-order valence-electron chi connectivity index (χ3n) is 4.05. The van der Waals surface area contributed by atoms with E-state index in [1.165, 1.54) is 37.9 Å². The van der Waals surface area contributed by atoms with Crippen molar-refractivity contribution in [2.45, 2.75) is 44.6 Å². The fraction of sp³-hybridized carbons (Fsp3) is 0.833. The molecule has 3 rings (SSSR count). The van der Waals surface area contributed by atoms with Crippen molar-refractivity contribution in [1.29, 1.82) is 0 Å². The van der Waals surface area contributed by atoms with Crippen LogP contribution in [0, 0.1) is 5.92 Å². The van der Waals surface area contributed by atoms with Gasteiger partial charge in [-0.15, -0.1) is 10.2 Å². The van der Waals surface area contributed by atoms with Crippen molar-refractivity contribution in [3.63, 3.8) is 0 Å². The summed E-state index contributed by atoms with van der Waals surface area (Å²) in [6.45, 7) is 2.26. The fourth-order valence-electron chi connectivity index (χ4n) is 2.76. The summed E-state index contributed by atoms with van der Waals surface area (Å²) in [7, 11) is 0. The first kappa shape index (κ1) is 10.3. The monoisotopic (exact) mass is 220 g/mol. The molecule has 4 heteroatoms. The van der Waals surface area contributed by atoms with Gasteiger partial charge in [-0.05, 0) is 31.8 Å². The molecule has 0 atom stereocenters. The Balaban J connectivity index is 1.70. The molecular weight excluding hydrogens is 200 g/mol. The number of nitrogens with one attached hydrogen (secondary N) is 1. The van der Waals surface area contributed by atoms with Crippen molar-refractivity contribution >= 4 is 0 Å². The highest BCUT2D eigenvalue weighted by Crippen LogP contribution is 2.30. The summed E-state index contributed by atoms with van der Waals surface area (Å²) in [6.07, 6.45) is 9.70. The summed E-state index contributed by atoms with van der Waals surface area (Å²) in [5.74, 6) is 2.10. The normalized spacial score (nSPS) is 23.2. The van der Waals surface area contributed by atoms with E-state index in [-0.39, 0.29) is 0 Å². The van der Waals surface area contributed by atoms with E-state index in [0.29, 0.717) is 6.04 Å². The summed E-state index contributed by atoms with van der Waals surface area (Å²) >= 11 is 0. The van der Waals surface area contributed by atoms with Gasteiger partial charge in [0, 0.05) is 12.5 Å². The van der Waals surface area contributed by atoms with Gasteiger partial charge < -0.3 is 9.88 Å². The molecule has 1 aromatic rings. The zero-order chi connectivity index (χ0) is 10.8. The van der Waals surface area contributed by atoms with Gasteiger partial charge >= 0.3 is 0 Å². The highest BCUT2D eigenvalue weighted by molar-refractivity contribution is 4.94. The maximum atomic E-state index is 4.31. The first-order valence-corrected chi connectivity index (χ1v) is 6.52. The average molecular weight is 220 g/mol. The molecule has 1 aromatic heterocycles. The van der Waals surface area contributed by atoms with Crippen LogP contribution in [-0.2, 0) is 6.42 Å². The van der Waals surface area contributed by atoms with Crippen LogP contribution in [0.5, 0.6) is 0 Å². The van der Waals surface area contributed by atoms with Crippen LogP contribution in [0.15, 0.2) is 6.33 Å². The highest BCUT2D eigenvalue weighted by Gasteiger charge is 2.23. The van der Waals surface area contributed by atoms with Crippen molar-refractivity contribution in [2.75, 3.05) is 13.1 Å². The predicted molar refractivity (Wildman–Crippen MR) is 62.2 cm³/mol. The molecule has 16 heavy (non-hydrogen) atoms. The van der Waals surface area contributed by atoms with Crippen LogP contribution < -0.4 is 5.32 Å². The zero-order valence-corrected chi connectivity index (χ0v) is 9.73. The molecule has 0 unspecified atom stereocenters. The van der Waals surface area contributed by atoms with E-state index in [1.807, 2.05) is 6.33 Å². The van der Waals surface area contributed by atoms with E-state index < -0.39 is 0 Å². The van der Waals surface area contributed by atoms with Gasteiger partial charge in [-0.1, -0.05) is 19.3 Å². The average Bonchev–Trinajstić information content (AvgIpc) is 2.73. The SMILES string of the molecule is c1nnc(CC2CCC2)n1C1CCNCC1. The third-order valence-corrected chi connectivity index (χ3v) is 4.05. The Hall–Kier alpha value is -0.900. The minimum absolute atomic E-state index is 0.631. The fourth-order valence-corrected chi connectivity index (χ4v) is 2.76. The maximum Gasteiger partial charge on any atom is 0.133 e. The Morgan fingerprint density at radius 2 is 2.06 bits per heavy atom. The highest BCUT2D eigenvalue weighted by atomic mass is 15.3. The Kier molecular flexibility index (Phi) is 2.91. The van der Waals surface area contributed by atoms with Crippen LogP contribution in [-0.4, -0.2) is 27.9 Å². The van der Waals surface area contributed by atoms with Gasteiger partial charge in [-0.25, -0.2) is 0 Å². The molecular formula is C12H20N4. The summed E-state index contributed by atoms with van der Waals surface area (Å²) in [5, 5.41) is 11.8. The zero-order valence-electron chi connectivity index (χ0n) is 9.73. The molecule has 2 fully saturated rings. The summed E-state index contributed by atoms with van der Waals surface area (Å²) in [5.41, 5.74) is 0. The van der Waals surface area contributed by atoms with Crippen LogP contribution in [0.1, 0.15) is 44.0 Å². The van der Waals surface area contributed by atoms with E-state index in [1.54, 1.807) is 0 Å². The standard InChI is InChI=1S/C12H20N4/c1-2-10(3-1)8-12-15-14-9-16(12)11-4-6-13-7-5-11/h9-11,13H,1-8H2. The molecule has 1 saturated carbocycles. The van der Waals surface area contributed by atoms with Gasteiger partial charge in [0.2, 0.25) is 0 Å². The van der Waals surface area contributed by atoms with Crippen molar-refractivity contribution in [1.82, 2.24) is 20.1 Å². The van der Waals surface area contributed by atoms with Crippen LogP contribution in [0.4, 0.5) is 0 Å². The Bertz CT molecular complexity index is 337. The number of nitrogens with zero attached hydrogens (tertiary/aromatic N) is 3. The number of aromatic nitrogens is 3. The van der Waals surface area contributed by atoms with E-state index in [0.717, 1.165) is 25.4 Å². The molecule has 0 spiro atoms. The smallest absolute Gasteiger partial charge is 0.133 e. The molecule has 2 aliphatic rings. The summed E-state index contributed by atoms with van der Waals surface area (Å²) in [4.78, 5) is 0. The van der Waals surface area contributed by atoms with E-state index in [4.69, 9.17) is 0 Å². The number of piperidine rings is 1. The molecule has 1 aliphatic heterocycles. The summed E-state index contributed by atoms with van der Waals surface area (Å²) in [6, 6.07) is 0.631. The molecule has 2 heterocycles. The molecule has 4 nitrogen and oxygen atoms in total. The molecule has 0 bridgehead atoms. The van der Waals surface area contributed by atoms with Gasteiger partial charge in [-0.2, -0.15) is 0 Å². The predicted octanol–water partition coefficient (Wildman–Crippen LogP) is 1.55. The Labute approximate surface area is 96.4 Å². The molecule has 0 radical (unpaired) electrons. The molecule has 0 aromatic carbocycles. The first-order valence-electron chi connectivity index (χ1n) is 6.52. The van der Waals surface area contributed by atoms with Crippen molar-refractivity contribution in [3.8, 4) is 0 Å². The number of hydrogen-bond donors (Lipinski definition) is 1. The van der Waals surface area contributed by atoms with Gasteiger partial charge in [-0.3, -0.25) is 0 Å². The van der Waals surface area contributed by atoms with Gasteiger partial charge in [0.15, 0.2) is 0 Å². The second-order valence-corrected chi connectivity index (χ2v) is 5.14. The topological polar surface area (TPSA) is 42.7 Å². The second-order valence-electron chi connectivity index (χ2n) is 5.14. The quantitative estimate of drug-likeness (QED) is 0.840. The van der Waals surface area contributed by atoms with Gasteiger partial charge in [0.25, 0.3) is 0 Å². The van der Waals surface area contributed by atoms with Crippen molar-refractivity contribution in [2.24, 2.45) is 5.92 Å². The van der Waals surface area contributed by atoms with Crippen LogP contribution in [0.3, 0.4) is 0 Å². The largest absolute Gasteiger partial charge is 0.317 e. The lowest BCUT2D eigenvalue weighted by atomic mass is 9.83. The number of hydrogen-bond acceptors (Lipinski definition) is 3. The van der Waals surface area contributed by atoms with Gasteiger partial charge in [0.05, 0.1) is 0 Å². The number of rotatable bonds is 3. The van der Waals surface area contributed by atoms with Crippen molar-refractivity contribution in [3.05, 3.63) is 12.2 Å². The van der Waals surface area contributed by atoms with E-state index >= 15 is 0 Å². The Morgan fingerprint density at radius 1 is 1.25 bits per heavy atom. The van der Waals surface area contributed by atoms with Crippen LogP contribution >= 0.6 is 0 Å². The Morgan fingerprint density at radius 3 is 2.75 bits per heavy atom.